The van der Waals surface area contributed by atoms with E-state index in [1.54, 1.807) is 0 Å². The fraction of sp³-hybridized carbons (Fsp3) is 0.529. The number of benzene rings is 1. The van der Waals surface area contributed by atoms with E-state index in [2.05, 4.69) is 16.7 Å². The van der Waals surface area contributed by atoms with Crippen molar-refractivity contribution in [3.05, 3.63) is 29.3 Å². The van der Waals surface area contributed by atoms with Crippen LogP contribution < -0.4 is 4.74 Å². The molecule has 1 saturated heterocycles. The number of rotatable bonds is 4. The highest BCUT2D eigenvalue weighted by Gasteiger charge is 2.09. The van der Waals surface area contributed by atoms with Crippen LogP contribution in [0.4, 0.5) is 0 Å². The van der Waals surface area contributed by atoms with Crippen molar-refractivity contribution in [3.63, 3.8) is 0 Å². The second kappa shape index (κ2) is 7.94. The van der Waals surface area contributed by atoms with Gasteiger partial charge in [0, 0.05) is 12.1 Å². The average Bonchev–Trinajstić information content (AvgIpc) is 2.47. The minimum Gasteiger partial charge on any atom is -0.492 e. The summed E-state index contributed by atoms with van der Waals surface area (Å²) in [5.41, 5.74) is 2.03. The van der Waals surface area contributed by atoms with Gasteiger partial charge in [0.15, 0.2) is 0 Å². The van der Waals surface area contributed by atoms with Crippen LogP contribution in [0.5, 0.6) is 5.75 Å². The van der Waals surface area contributed by atoms with Crippen molar-refractivity contribution in [2.45, 2.75) is 26.2 Å². The smallest absolute Gasteiger partial charge is 0.119 e. The Kier molecular flexibility index (Phi) is 5.91. The number of nitrogens with zero attached hydrogens (tertiary/aromatic N) is 1. The molecule has 1 N–H and O–H groups in total. The van der Waals surface area contributed by atoms with E-state index in [-0.39, 0.29) is 6.61 Å². The van der Waals surface area contributed by atoms with Crippen LogP contribution in [0.25, 0.3) is 0 Å². The number of hydrogen-bond acceptors (Lipinski definition) is 3. The molecule has 1 aromatic carbocycles. The Morgan fingerprint density at radius 3 is 2.75 bits per heavy atom. The summed E-state index contributed by atoms with van der Waals surface area (Å²) in [4.78, 5) is 2.47. The summed E-state index contributed by atoms with van der Waals surface area (Å²) in [6.45, 7) is 6.06. The number of aryl methyl sites for hydroxylation is 1. The van der Waals surface area contributed by atoms with E-state index < -0.39 is 0 Å². The molecule has 3 nitrogen and oxygen atoms in total. The lowest BCUT2D eigenvalue weighted by molar-refractivity contribution is 0.183. The second-order valence-corrected chi connectivity index (χ2v) is 5.19. The summed E-state index contributed by atoms with van der Waals surface area (Å²) in [5, 5.41) is 8.71. The van der Waals surface area contributed by atoms with E-state index in [0.717, 1.165) is 30.0 Å². The topological polar surface area (TPSA) is 32.7 Å². The molecule has 108 valence electrons. The Morgan fingerprint density at radius 2 is 2.05 bits per heavy atom. The molecule has 0 aliphatic carbocycles. The number of likely N-dealkylation sites (tertiary alicyclic amines) is 1. The van der Waals surface area contributed by atoms with Gasteiger partial charge in [-0.15, -0.1) is 0 Å². The molecule has 20 heavy (non-hydrogen) atoms. The zero-order chi connectivity index (χ0) is 14.2. The van der Waals surface area contributed by atoms with Crippen molar-refractivity contribution in [3.8, 4) is 17.6 Å². The molecule has 1 fully saturated rings. The third kappa shape index (κ3) is 4.56. The quantitative estimate of drug-likeness (QED) is 0.854. The van der Waals surface area contributed by atoms with E-state index in [1.807, 2.05) is 25.1 Å². The molecule has 1 aliphatic heterocycles. The first-order valence-corrected chi connectivity index (χ1v) is 7.35. The Hall–Kier alpha value is -1.50. The number of aliphatic hydroxyl groups excluding tert-OH is 1. The lowest BCUT2D eigenvalue weighted by Crippen LogP contribution is -2.33. The SMILES string of the molecule is Cc1cc(OCCN2CCCCC2)ccc1C#CCO. The molecular formula is C17H23NO2. The highest BCUT2D eigenvalue weighted by Crippen LogP contribution is 2.17. The number of aliphatic hydroxyl groups is 1. The van der Waals surface area contributed by atoms with Gasteiger partial charge in [-0.1, -0.05) is 18.3 Å². The van der Waals surface area contributed by atoms with E-state index in [0.29, 0.717) is 0 Å². The van der Waals surface area contributed by atoms with Gasteiger partial charge in [-0.3, -0.25) is 4.90 Å². The van der Waals surface area contributed by atoms with Crippen molar-refractivity contribution in [1.82, 2.24) is 4.90 Å². The number of ether oxygens (including phenoxy) is 1. The molecule has 0 amide bonds. The van der Waals surface area contributed by atoms with Crippen molar-refractivity contribution >= 4 is 0 Å². The van der Waals surface area contributed by atoms with Crippen LogP contribution in [0.3, 0.4) is 0 Å². The molecule has 0 bridgehead atoms. The molecule has 3 heteroatoms. The Morgan fingerprint density at radius 1 is 1.25 bits per heavy atom. The van der Waals surface area contributed by atoms with Gasteiger partial charge in [-0.2, -0.15) is 0 Å². The second-order valence-electron chi connectivity index (χ2n) is 5.19. The van der Waals surface area contributed by atoms with Crippen molar-refractivity contribution in [2.75, 3.05) is 32.8 Å². The molecule has 0 spiro atoms. The summed E-state index contributed by atoms with van der Waals surface area (Å²) in [6.07, 6.45) is 4.00. The van der Waals surface area contributed by atoms with Gasteiger partial charge in [-0.25, -0.2) is 0 Å². The average molecular weight is 273 g/mol. The fourth-order valence-corrected chi connectivity index (χ4v) is 2.48. The Bertz CT molecular complexity index is 481. The predicted molar refractivity (Wildman–Crippen MR) is 80.9 cm³/mol. The molecule has 0 radical (unpaired) electrons. The van der Waals surface area contributed by atoms with E-state index in [1.165, 1.54) is 32.4 Å². The summed E-state index contributed by atoms with van der Waals surface area (Å²) in [6, 6.07) is 5.91. The number of piperidine rings is 1. The predicted octanol–water partition coefficient (Wildman–Crippen LogP) is 2.20. The zero-order valence-electron chi connectivity index (χ0n) is 12.2. The first-order chi connectivity index (χ1) is 9.79. The van der Waals surface area contributed by atoms with E-state index >= 15 is 0 Å². The van der Waals surface area contributed by atoms with Gasteiger partial charge in [0.25, 0.3) is 0 Å². The van der Waals surface area contributed by atoms with Gasteiger partial charge >= 0.3 is 0 Å². The summed E-state index contributed by atoms with van der Waals surface area (Å²) >= 11 is 0. The minimum atomic E-state index is -0.104. The van der Waals surface area contributed by atoms with Crippen LogP contribution in [0, 0.1) is 18.8 Å². The molecule has 1 aliphatic rings. The molecule has 0 saturated carbocycles. The highest BCUT2D eigenvalue weighted by atomic mass is 16.5. The molecular weight excluding hydrogens is 250 g/mol. The normalized spacial score (nSPS) is 15.5. The lowest BCUT2D eigenvalue weighted by Gasteiger charge is -2.26. The monoisotopic (exact) mass is 273 g/mol. The third-order valence-electron chi connectivity index (χ3n) is 3.62. The van der Waals surface area contributed by atoms with Crippen LogP contribution in [-0.2, 0) is 0 Å². The third-order valence-corrected chi connectivity index (χ3v) is 3.62. The summed E-state index contributed by atoms with van der Waals surface area (Å²) < 4.78 is 5.81. The van der Waals surface area contributed by atoms with Gasteiger partial charge < -0.3 is 9.84 Å². The minimum absolute atomic E-state index is 0.104. The van der Waals surface area contributed by atoms with Crippen molar-refractivity contribution < 1.29 is 9.84 Å². The largest absolute Gasteiger partial charge is 0.492 e. The van der Waals surface area contributed by atoms with Gasteiger partial charge in [0.05, 0.1) is 0 Å². The molecule has 1 aromatic rings. The Labute approximate surface area is 121 Å². The maximum absolute atomic E-state index is 8.71. The van der Waals surface area contributed by atoms with Gasteiger partial charge in [-0.05, 0) is 56.6 Å². The maximum atomic E-state index is 8.71. The first-order valence-electron chi connectivity index (χ1n) is 7.35. The van der Waals surface area contributed by atoms with Gasteiger partial charge in [0.2, 0.25) is 0 Å². The fourth-order valence-electron chi connectivity index (χ4n) is 2.48. The Balaban J connectivity index is 1.82. The van der Waals surface area contributed by atoms with Crippen LogP contribution in [0.1, 0.15) is 30.4 Å². The highest BCUT2D eigenvalue weighted by molar-refractivity contribution is 5.44. The van der Waals surface area contributed by atoms with Crippen LogP contribution >= 0.6 is 0 Å². The first kappa shape index (κ1) is 14.9. The van der Waals surface area contributed by atoms with Gasteiger partial charge in [0.1, 0.15) is 19.0 Å². The lowest BCUT2D eigenvalue weighted by atomic mass is 10.1. The molecule has 0 aromatic heterocycles. The molecule has 0 atom stereocenters. The summed E-state index contributed by atoms with van der Waals surface area (Å²) in [5.74, 6) is 6.50. The standard InChI is InChI=1S/C17H23NO2/c1-15-14-17(8-7-16(15)6-5-12-19)20-13-11-18-9-3-2-4-10-18/h7-8,14,19H,2-4,9-13H2,1H3. The van der Waals surface area contributed by atoms with E-state index in [4.69, 9.17) is 9.84 Å². The van der Waals surface area contributed by atoms with Crippen molar-refractivity contribution in [1.29, 1.82) is 0 Å². The van der Waals surface area contributed by atoms with E-state index in [9.17, 15) is 0 Å². The zero-order valence-corrected chi connectivity index (χ0v) is 12.2. The van der Waals surface area contributed by atoms with Crippen LogP contribution in [0.15, 0.2) is 18.2 Å². The summed E-state index contributed by atoms with van der Waals surface area (Å²) in [7, 11) is 0. The molecule has 2 rings (SSSR count). The van der Waals surface area contributed by atoms with Crippen molar-refractivity contribution in [2.24, 2.45) is 0 Å². The maximum Gasteiger partial charge on any atom is 0.119 e. The molecule has 0 unspecified atom stereocenters. The number of hydrogen-bond donors (Lipinski definition) is 1. The van der Waals surface area contributed by atoms with Crippen LogP contribution in [-0.4, -0.2) is 42.9 Å². The molecule has 1 heterocycles. The van der Waals surface area contributed by atoms with Crippen LogP contribution in [0.2, 0.25) is 0 Å².